The number of carbonyl (C=O) groups excluding carboxylic acids is 1. The zero-order valence-electron chi connectivity index (χ0n) is 12.8. The number of rotatable bonds is 6. The van der Waals surface area contributed by atoms with Gasteiger partial charge in [0.25, 0.3) is 5.89 Å². The molecule has 0 aliphatic rings. The van der Waals surface area contributed by atoms with Gasteiger partial charge in [-0.05, 0) is 23.8 Å². The van der Waals surface area contributed by atoms with Crippen molar-refractivity contribution >= 4 is 17.5 Å². The molecule has 24 heavy (non-hydrogen) atoms. The third kappa shape index (κ3) is 4.17. The molecule has 0 aliphatic heterocycles. The van der Waals surface area contributed by atoms with Crippen LogP contribution in [0.25, 0.3) is 11.6 Å². The van der Waals surface area contributed by atoms with Gasteiger partial charge in [-0.15, -0.1) is 0 Å². The molecule has 0 aliphatic carbocycles. The Morgan fingerprint density at radius 2 is 2.00 bits per heavy atom. The minimum absolute atomic E-state index is 0.100. The molecule has 1 aromatic carbocycles. The summed E-state index contributed by atoms with van der Waals surface area (Å²) in [5.41, 5.74) is 1.42. The Kier molecular flexibility index (Phi) is 5.18. The predicted octanol–water partition coefficient (Wildman–Crippen LogP) is 2.69. The summed E-state index contributed by atoms with van der Waals surface area (Å²) in [5, 5.41) is 7.30. The molecule has 0 spiro atoms. The lowest BCUT2D eigenvalue weighted by molar-refractivity contribution is -0.120. The maximum atomic E-state index is 11.9. The van der Waals surface area contributed by atoms with Crippen LogP contribution in [-0.2, 0) is 17.6 Å². The molecule has 3 rings (SSSR count). The van der Waals surface area contributed by atoms with Gasteiger partial charge in [-0.25, -0.2) is 0 Å². The fourth-order valence-electron chi connectivity index (χ4n) is 2.14. The van der Waals surface area contributed by atoms with E-state index in [9.17, 15) is 4.79 Å². The van der Waals surface area contributed by atoms with Crippen molar-refractivity contribution in [1.82, 2.24) is 20.4 Å². The molecule has 1 N–H and O–H groups in total. The van der Waals surface area contributed by atoms with Crippen LogP contribution in [0.1, 0.15) is 11.4 Å². The molecule has 1 amide bonds. The highest BCUT2D eigenvalue weighted by atomic mass is 35.5. The molecule has 3 aromatic rings. The van der Waals surface area contributed by atoms with Crippen LogP contribution in [0, 0.1) is 0 Å². The summed E-state index contributed by atoms with van der Waals surface area (Å²) in [6.45, 7) is 0.421. The van der Waals surface area contributed by atoms with Gasteiger partial charge in [0.2, 0.25) is 5.91 Å². The minimum atomic E-state index is -0.100. The number of hydrogen-bond acceptors (Lipinski definition) is 5. The quantitative estimate of drug-likeness (QED) is 0.745. The van der Waals surface area contributed by atoms with E-state index < -0.39 is 0 Å². The van der Waals surface area contributed by atoms with Gasteiger partial charge >= 0.3 is 0 Å². The molecule has 0 radical (unpaired) electrons. The summed E-state index contributed by atoms with van der Waals surface area (Å²) >= 11 is 6.04. The van der Waals surface area contributed by atoms with Gasteiger partial charge in [0, 0.05) is 24.2 Å². The van der Waals surface area contributed by atoms with Crippen molar-refractivity contribution in [3.05, 3.63) is 65.1 Å². The van der Waals surface area contributed by atoms with E-state index in [0.717, 1.165) is 5.56 Å². The maximum Gasteiger partial charge on any atom is 0.276 e. The number of carbonyl (C=O) groups is 1. The Morgan fingerprint density at radius 1 is 1.17 bits per heavy atom. The first-order valence-electron chi connectivity index (χ1n) is 7.46. The van der Waals surface area contributed by atoms with Crippen molar-refractivity contribution in [2.24, 2.45) is 0 Å². The highest BCUT2D eigenvalue weighted by molar-refractivity contribution is 6.31. The molecule has 0 fully saturated rings. The van der Waals surface area contributed by atoms with E-state index >= 15 is 0 Å². The van der Waals surface area contributed by atoms with E-state index in [0.29, 0.717) is 35.4 Å². The van der Waals surface area contributed by atoms with Gasteiger partial charge in [0.15, 0.2) is 5.82 Å². The first-order chi connectivity index (χ1) is 11.7. The third-order valence-corrected chi connectivity index (χ3v) is 3.70. The van der Waals surface area contributed by atoms with Crippen molar-refractivity contribution in [3.63, 3.8) is 0 Å². The Hall–Kier alpha value is -2.73. The van der Waals surface area contributed by atoms with Crippen LogP contribution in [0.3, 0.4) is 0 Å². The van der Waals surface area contributed by atoms with Gasteiger partial charge in [-0.1, -0.05) is 41.0 Å². The number of pyridine rings is 1. The molecule has 0 saturated carbocycles. The third-order valence-electron chi connectivity index (χ3n) is 3.33. The first-order valence-corrected chi connectivity index (χ1v) is 7.84. The summed E-state index contributed by atoms with van der Waals surface area (Å²) in [7, 11) is 0. The molecular formula is C17H15ClN4O2. The summed E-state index contributed by atoms with van der Waals surface area (Å²) < 4.78 is 5.17. The van der Waals surface area contributed by atoms with Crippen molar-refractivity contribution in [2.75, 3.05) is 6.54 Å². The minimum Gasteiger partial charge on any atom is -0.355 e. The van der Waals surface area contributed by atoms with Crippen molar-refractivity contribution < 1.29 is 9.32 Å². The predicted molar refractivity (Wildman–Crippen MR) is 89.4 cm³/mol. The fraction of sp³-hybridized carbons (Fsp3) is 0.176. The van der Waals surface area contributed by atoms with Gasteiger partial charge in [-0.3, -0.25) is 9.78 Å². The molecule has 0 bridgehead atoms. The lowest BCUT2D eigenvalue weighted by atomic mass is 10.1. The van der Waals surface area contributed by atoms with Crippen LogP contribution in [0.4, 0.5) is 0 Å². The highest BCUT2D eigenvalue weighted by Crippen LogP contribution is 2.15. The number of hydrogen-bond donors (Lipinski definition) is 1. The molecule has 7 heteroatoms. The number of amides is 1. The number of halogens is 1. The monoisotopic (exact) mass is 342 g/mol. The van der Waals surface area contributed by atoms with Gasteiger partial charge in [0.05, 0.1) is 6.42 Å². The first kappa shape index (κ1) is 16.1. The number of nitrogens with zero attached hydrogens (tertiary/aromatic N) is 3. The summed E-state index contributed by atoms with van der Waals surface area (Å²) in [6.07, 6.45) is 2.38. The zero-order chi connectivity index (χ0) is 16.8. The maximum absolute atomic E-state index is 11.9. The van der Waals surface area contributed by atoms with Crippen LogP contribution in [0.2, 0.25) is 5.02 Å². The van der Waals surface area contributed by atoms with Crippen molar-refractivity contribution in [1.29, 1.82) is 0 Å². The molecule has 0 atom stereocenters. The Morgan fingerprint density at radius 3 is 2.79 bits per heavy atom. The summed E-state index contributed by atoms with van der Waals surface area (Å²) in [5.74, 6) is 0.790. The number of nitrogens with one attached hydrogen (secondary N) is 1. The second-order valence-electron chi connectivity index (χ2n) is 5.10. The van der Waals surface area contributed by atoms with Crippen LogP contribution in [0.5, 0.6) is 0 Å². The lowest BCUT2D eigenvalue weighted by Gasteiger charge is -2.05. The fourth-order valence-corrected chi connectivity index (χ4v) is 2.34. The van der Waals surface area contributed by atoms with Crippen LogP contribution >= 0.6 is 11.6 Å². The topological polar surface area (TPSA) is 80.9 Å². The van der Waals surface area contributed by atoms with Gasteiger partial charge in [0.1, 0.15) is 5.69 Å². The Balaban J connectivity index is 1.49. The zero-order valence-corrected chi connectivity index (χ0v) is 13.5. The van der Waals surface area contributed by atoms with E-state index in [2.05, 4.69) is 20.4 Å². The van der Waals surface area contributed by atoms with Crippen molar-refractivity contribution in [2.45, 2.75) is 12.8 Å². The average Bonchev–Trinajstić information content (AvgIpc) is 3.07. The summed E-state index contributed by atoms with van der Waals surface area (Å²) in [6, 6.07) is 12.7. The SMILES string of the molecule is O=C(Cc1ccccc1Cl)NCCc1noc(-c2ccccn2)n1. The largest absolute Gasteiger partial charge is 0.355 e. The number of aromatic nitrogens is 3. The molecule has 122 valence electrons. The molecular weight excluding hydrogens is 328 g/mol. The standard InChI is InChI=1S/C17H15ClN4O2/c18-13-6-2-1-5-12(13)11-16(23)20-10-8-15-21-17(24-22-15)14-7-3-4-9-19-14/h1-7,9H,8,10-11H2,(H,20,23). The van der Waals surface area contributed by atoms with Gasteiger partial charge < -0.3 is 9.84 Å². The van der Waals surface area contributed by atoms with E-state index in [1.807, 2.05) is 30.3 Å². The normalized spacial score (nSPS) is 10.5. The van der Waals surface area contributed by atoms with E-state index in [-0.39, 0.29) is 12.3 Å². The second-order valence-corrected chi connectivity index (χ2v) is 5.51. The number of benzene rings is 1. The molecule has 2 heterocycles. The summed E-state index contributed by atoms with van der Waals surface area (Å²) in [4.78, 5) is 20.3. The molecule has 0 unspecified atom stereocenters. The van der Waals surface area contributed by atoms with Crippen molar-refractivity contribution in [3.8, 4) is 11.6 Å². The Bertz CT molecular complexity index is 820. The lowest BCUT2D eigenvalue weighted by Crippen LogP contribution is -2.27. The average molecular weight is 343 g/mol. The second kappa shape index (κ2) is 7.70. The van der Waals surface area contributed by atoms with Gasteiger partial charge in [-0.2, -0.15) is 4.98 Å². The smallest absolute Gasteiger partial charge is 0.276 e. The molecule has 0 saturated heterocycles. The van der Waals surface area contributed by atoms with Crippen LogP contribution < -0.4 is 5.32 Å². The molecule has 6 nitrogen and oxygen atoms in total. The van der Waals surface area contributed by atoms with Crippen LogP contribution in [-0.4, -0.2) is 27.6 Å². The van der Waals surface area contributed by atoms with Crippen LogP contribution in [0.15, 0.2) is 53.2 Å². The van der Waals surface area contributed by atoms with E-state index in [1.165, 1.54) is 0 Å². The highest BCUT2D eigenvalue weighted by Gasteiger charge is 2.10. The Labute approximate surface area is 143 Å². The molecule has 2 aromatic heterocycles. The van der Waals surface area contributed by atoms with E-state index in [4.69, 9.17) is 16.1 Å². The van der Waals surface area contributed by atoms with E-state index in [1.54, 1.807) is 18.3 Å².